The van der Waals surface area contributed by atoms with Gasteiger partial charge in [-0.1, -0.05) is 11.6 Å². The second-order valence-corrected chi connectivity index (χ2v) is 11.1. The first kappa shape index (κ1) is 24.7. The molecule has 0 saturated carbocycles. The standard InChI is InChI=1S/C24H29ClF2N6O4/c1-36-12-24-5-3-15(33(24)22(34)35)10-31(11-24)20-16-8-28-19(25)17(27)18(16)29-21(30-20)37-13-23-4-2-6-32(23)9-14(26)7-23/h8,14-15H,2-7,9-13H2,1H3,(H,34,35)/t14-,15?,23+,24?/m1/s1. The zero-order valence-corrected chi connectivity index (χ0v) is 21.3. The molecule has 4 saturated heterocycles. The van der Waals surface area contributed by atoms with Crippen molar-refractivity contribution in [3.63, 3.8) is 0 Å². The maximum atomic E-state index is 15.1. The van der Waals surface area contributed by atoms with E-state index in [0.29, 0.717) is 50.1 Å². The largest absolute Gasteiger partial charge is 0.465 e. The predicted molar refractivity (Wildman–Crippen MR) is 131 cm³/mol. The van der Waals surface area contributed by atoms with Gasteiger partial charge in [-0.15, -0.1) is 0 Å². The first-order chi connectivity index (χ1) is 17.7. The zero-order chi connectivity index (χ0) is 25.9. The van der Waals surface area contributed by atoms with Gasteiger partial charge in [-0.2, -0.15) is 9.97 Å². The molecule has 4 aliphatic rings. The fourth-order valence-corrected chi connectivity index (χ4v) is 7.14. The molecule has 37 heavy (non-hydrogen) atoms. The first-order valence-corrected chi connectivity index (χ1v) is 12.9. The van der Waals surface area contributed by atoms with Gasteiger partial charge in [0, 0.05) is 39.4 Å². The number of amides is 1. The number of fused-ring (bicyclic) bond motifs is 4. The lowest BCUT2D eigenvalue weighted by molar-refractivity contribution is 0.0178. The molecule has 4 fully saturated rings. The van der Waals surface area contributed by atoms with Gasteiger partial charge in [-0.25, -0.2) is 18.6 Å². The average molecular weight is 539 g/mol. The van der Waals surface area contributed by atoms with Gasteiger partial charge in [-0.05, 0) is 32.2 Å². The molecule has 2 aromatic heterocycles. The number of carbonyl (C=O) groups is 1. The van der Waals surface area contributed by atoms with Gasteiger partial charge in [0.1, 0.15) is 24.1 Å². The van der Waals surface area contributed by atoms with E-state index in [1.165, 1.54) is 11.1 Å². The number of halogens is 3. The lowest BCUT2D eigenvalue weighted by Crippen LogP contribution is -2.65. The van der Waals surface area contributed by atoms with Crippen molar-refractivity contribution in [3.05, 3.63) is 17.2 Å². The van der Waals surface area contributed by atoms with Crippen LogP contribution in [0.2, 0.25) is 5.15 Å². The summed E-state index contributed by atoms with van der Waals surface area (Å²) >= 11 is 5.98. The van der Waals surface area contributed by atoms with Crippen molar-refractivity contribution in [2.45, 2.75) is 55.4 Å². The van der Waals surface area contributed by atoms with E-state index < -0.39 is 29.2 Å². The fraction of sp³-hybridized carbons (Fsp3) is 0.667. The normalized spacial score (nSPS) is 31.4. The molecule has 0 radical (unpaired) electrons. The van der Waals surface area contributed by atoms with Gasteiger partial charge in [0.05, 0.1) is 29.1 Å². The average Bonchev–Trinajstić information content (AvgIpc) is 3.46. The zero-order valence-electron chi connectivity index (χ0n) is 20.5. The monoisotopic (exact) mass is 538 g/mol. The number of ether oxygens (including phenoxy) is 2. The molecule has 2 unspecified atom stereocenters. The Hall–Kier alpha value is -2.57. The van der Waals surface area contributed by atoms with Crippen molar-refractivity contribution in [2.24, 2.45) is 0 Å². The summed E-state index contributed by atoms with van der Waals surface area (Å²) in [6.07, 6.45) is 3.02. The van der Waals surface area contributed by atoms with Crippen molar-refractivity contribution in [2.75, 3.05) is 51.4 Å². The molecule has 13 heteroatoms. The lowest BCUT2D eigenvalue weighted by Gasteiger charge is -2.47. The molecule has 1 N–H and O–H groups in total. The molecule has 10 nitrogen and oxygen atoms in total. The molecule has 4 atom stereocenters. The summed E-state index contributed by atoms with van der Waals surface area (Å²) in [7, 11) is 1.55. The quantitative estimate of drug-likeness (QED) is 0.555. The van der Waals surface area contributed by atoms with Crippen LogP contribution >= 0.6 is 11.6 Å². The minimum atomic E-state index is -0.988. The third-order valence-corrected chi connectivity index (χ3v) is 8.75. The second kappa shape index (κ2) is 9.02. The van der Waals surface area contributed by atoms with E-state index >= 15 is 4.39 Å². The Kier molecular flexibility index (Phi) is 6.03. The summed E-state index contributed by atoms with van der Waals surface area (Å²) in [5.41, 5.74) is -1.20. The van der Waals surface area contributed by atoms with Crippen LogP contribution in [-0.4, -0.2) is 106 Å². The minimum Gasteiger partial charge on any atom is -0.465 e. The smallest absolute Gasteiger partial charge is 0.408 e. The van der Waals surface area contributed by atoms with Gasteiger partial charge in [0.25, 0.3) is 0 Å². The van der Waals surface area contributed by atoms with Gasteiger partial charge < -0.3 is 19.5 Å². The Bertz CT molecular complexity index is 1240. The van der Waals surface area contributed by atoms with Crippen LogP contribution in [0.25, 0.3) is 10.9 Å². The minimum absolute atomic E-state index is 0.0237. The van der Waals surface area contributed by atoms with Gasteiger partial charge >= 0.3 is 12.1 Å². The number of aromatic nitrogens is 3. The number of hydrogen-bond donors (Lipinski definition) is 1. The highest BCUT2D eigenvalue weighted by atomic mass is 35.5. The Morgan fingerprint density at radius 3 is 2.89 bits per heavy atom. The van der Waals surface area contributed by atoms with Crippen LogP contribution in [0.3, 0.4) is 0 Å². The van der Waals surface area contributed by atoms with E-state index in [1.807, 2.05) is 4.90 Å². The van der Waals surface area contributed by atoms with E-state index in [9.17, 15) is 14.3 Å². The highest BCUT2D eigenvalue weighted by Gasteiger charge is 2.54. The third kappa shape index (κ3) is 3.95. The molecular weight excluding hydrogens is 510 g/mol. The molecule has 0 aromatic carbocycles. The first-order valence-electron chi connectivity index (χ1n) is 12.6. The molecule has 6 heterocycles. The van der Waals surface area contributed by atoms with E-state index in [-0.39, 0.29) is 35.9 Å². The van der Waals surface area contributed by atoms with Crippen molar-refractivity contribution in [3.8, 4) is 6.01 Å². The van der Waals surface area contributed by atoms with Crippen molar-refractivity contribution in [1.29, 1.82) is 0 Å². The number of pyridine rings is 1. The number of methoxy groups -OCH3 is 1. The topological polar surface area (TPSA) is 104 Å². The summed E-state index contributed by atoms with van der Waals surface area (Å²) in [5, 5.41) is 9.96. The summed E-state index contributed by atoms with van der Waals surface area (Å²) < 4.78 is 40.9. The SMILES string of the molecule is COCC12CCC(CN(c3nc(OC[C@@]45CCCN4C[C@H](F)C5)nc4c(F)c(Cl)ncc34)C1)N2C(=O)O. The lowest BCUT2D eigenvalue weighted by atomic mass is 9.95. The van der Waals surface area contributed by atoms with Gasteiger partial charge in [0.2, 0.25) is 0 Å². The molecule has 4 aliphatic heterocycles. The Morgan fingerprint density at radius 2 is 2.11 bits per heavy atom. The highest BCUT2D eigenvalue weighted by molar-refractivity contribution is 6.30. The van der Waals surface area contributed by atoms with Crippen LogP contribution in [0, 0.1) is 5.82 Å². The summed E-state index contributed by atoms with van der Waals surface area (Å²) in [5.74, 6) is -0.382. The van der Waals surface area contributed by atoms with Crippen molar-refractivity contribution >= 4 is 34.4 Å². The number of rotatable bonds is 6. The number of anilines is 1. The van der Waals surface area contributed by atoms with Crippen molar-refractivity contribution in [1.82, 2.24) is 24.8 Å². The van der Waals surface area contributed by atoms with Crippen LogP contribution in [0.1, 0.15) is 32.1 Å². The molecule has 6 rings (SSSR count). The number of piperazine rings is 1. The molecular formula is C24H29ClF2N6O4. The number of carboxylic acid groups (broad SMARTS) is 1. The van der Waals surface area contributed by atoms with E-state index in [1.54, 1.807) is 7.11 Å². The Labute approximate surface area is 217 Å². The van der Waals surface area contributed by atoms with Crippen LogP contribution in [0.4, 0.5) is 19.4 Å². The highest BCUT2D eigenvalue weighted by Crippen LogP contribution is 2.43. The molecule has 1 amide bonds. The van der Waals surface area contributed by atoms with Crippen LogP contribution in [-0.2, 0) is 4.74 Å². The van der Waals surface area contributed by atoms with E-state index in [0.717, 1.165) is 19.4 Å². The molecule has 0 spiro atoms. The van der Waals surface area contributed by atoms with Crippen molar-refractivity contribution < 1.29 is 28.2 Å². The Morgan fingerprint density at radius 1 is 1.27 bits per heavy atom. The molecule has 200 valence electrons. The van der Waals surface area contributed by atoms with Crippen LogP contribution in [0.15, 0.2) is 6.20 Å². The van der Waals surface area contributed by atoms with Gasteiger partial charge in [-0.3, -0.25) is 9.80 Å². The molecule has 2 aromatic rings. The van der Waals surface area contributed by atoms with E-state index in [2.05, 4.69) is 19.9 Å². The maximum absolute atomic E-state index is 15.1. The molecule has 2 bridgehead atoms. The summed E-state index contributed by atoms with van der Waals surface area (Å²) in [6.45, 7) is 2.30. The third-order valence-electron chi connectivity index (χ3n) is 8.49. The van der Waals surface area contributed by atoms with Gasteiger partial charge in [0.15, 0.2) is 11.0 Å². The van der Waals surface area contributed by atoms with Crippen LogP contribution in [0.5, 0.6) is 6.01 Å². The van der Waals surface area contributed by atoms with E-state index in [4.69, 9.17) is 21.1 Å². The number of nitrogens with zero attached hydrogens (tertiary/aromatic N) is 6. The second-order valence-electron chi connectivity index (χ2n) is 10.7. The number of alkyl halides is 1. The van der Waals surface area contributed by atoms with Crippen LogP contribution < -0.4 is 9.64 Å². The molecule has 0 aliphatic carbocycles. The summed E-state index contributed by atoms with van der Waals surface area (Å²) in [6, 6.07) is -0.298. The fourth-order valence-electron chi connectivity index (χ4n) is 7.00. The maximum Gasteiger partial charge on any atom is 0.408 e. The number of hydrogen-bond acceptors (Lipinski definition) is 8. The summed E-state index contributed by atoms with van der Waals surface area (Å²) in [4.78, 5) is 30.6. The Balaban J connectivity index is 1.37. The predicted octanol–water partition coefficient (Wildman–Crippen LogP) is 3.12.